The predicted molar refractivity (Wildman–Crippen MR) is 131 cm³/mol. The Kier molecular flexibility index (Phi) is 8.13. The van der Waals surface area contributed by atoms with E-state index in [0.717, 1.165) is 33.6 Å². The van der Waals surface area contributed by atoms with Gasteiger partial charge in [0.05, 0.1) is 11.1 Å². The lowest BCUT2D eigenvalue weighted by molar-refractivity contribution is -0.138. The molecule has 0 fully saturated rings. The van der Waals surface area contributed by atoms with Crippen molar-refractivity contribution in [2.45, 2.75) is 26.2 Å². The first-order chi connectivity index (χ1) is 18.4. The summed E-state index contributed by atoms with van der Waals surface area (Å²) in [6.07, 6.45) is -8.84. The van der Waals surface area contributed by atoms with Gasteiger partial charge in [-0.1, -0.05) is 24.3 Å². The number of hydrogen-bond acceptors (Lipinski definition) is 6. The Bertz CT molecular complexity index is 1430. The van der Waals surface area contributed by atoms with Gasteiger partial charge in [0.25, 0.3) is 0 Å². The Morgan fingerprint density at radius 2 is 0.900 bits per heavy atom. The van der Waals surface area contributed by atoms with Crippen molar-refractivity contribution in [1.29, 1.82) is 0 Å². The fourth-order valence-corrected chi connectivity index (χ4v) is 3.72. The zero-order chi connectivity index (χ0) is 30.2. The fourth-order valence-electron chi connectivity index (χ4n) is 3.72. The summed E-state index contributed by atoms with van der Waals surface area (Å²) in [5, 5.41) is 27.4. The summed E-state index contributed by atoms with van der Waals surface area (Å²) in [7, 11) is 2.88. The third-order valence-corrected chi connectivity index (χ3v) is 5.71. The number of carbonyl (C=O) groups excluding carboxylic acids is 2. The van der Waals surface area contributed by atoms with Crippen molar-refractivity contribution < 1.29 is 46.1 Å². The fraction of sp³-hybridized carbons (Fsp3) is 0.231. The molecule has 4 rings (SSSR count). The van der Waals surface area contributed by atoms with Crippen LogP contribution in [-0.2, 0) is 26.4 Å². The number of hydrogen-bond donors (Lipinski definition) is 2. The molecule has 212 valence electrons. The Labute approximate surface area is 223 Å². The lowest BCUT2D eigenvalue weighted by Crippen LogP contribution is -2.04. The van der Waals surface area contributed by atoms with E-state index < -0.39 is 35.0 Å². The number of Topliss-reactive ketones (excluding diaryl/α,β-unsaturated/α-hetero) is 2. The van der Waals surface area contributed by atoms with Crippen LogP contribution < -0.4 is 0 Å². The molecule has 0 bridgehead atoms. The van der Waals surface area contributed by atoms with E-state index in [0.29, 0.717) is 11.1 Å². The molecule has 0 aliphatic rings. The maximum Gasteiger partial charge on any atom is 0.416 e. The summed E-state index contributed by atoms with van der Waals surface area (Å²) in [4.78, 5) is 23.0. The molecule has 0 atom stereocenters. The maximum absolute atomic E-state index is 12.5. The number of aryl methyl sites for hydroxylation is 2. The van der Waals surface area contributed by atoms with Crippen molar-refractivity contribution in [3.63, 3.8) is 0 Å². The molecule has 0 radical (unpaired) electrons. The molecule has 2 aromatic carbocycles. The van der Waals surface area contributed by atoms with Crippen molar-refractivity contribution in [1.82, 2.24) is 19.6 Å². The van der Waals surface area contributed by atoms with Crippen molar-refractivity contribution in [3.8, 4) is 34.3 Å². The molecule has 4 aromatic rings. The molecule has 2 aromatic heterocycles. The van der Waals surface area contributed by atoms with Crippen LogP contribution in [-0.4, -0.2) is 41.3 Å². The Hall–Kier alpha value is -4.62. The normalized spacial score (nSPS) is 11.7. The van der Waals surface area contributed by atoms with E-state index in [1.807, 2.05) is 0 Å². The Morgan fingerprint density at radius 1 is 0.625 bits per heavy atom. The van der Waals surface area contributed by atoms with Gasteiger partial charge >= 0.3 is 12.4 Å². The van der Waals surface area contributed by atoms with Gasteiger partial charge in [0.15, 0.2) is 11.6 Å². The molecule has 2 N–H and O–H groups in total. The molecule has 2 heterocycles. The zero-order valence-corrected chi connectivity index (χ0v) is 21.4. The third-order valence-electron chi connectivity index (χ3n) is 5.71. The largest absolute Gasteiger partial charge is 0.493 e. The maximum atomic E-state index is 12.5. The molecular formula is C26H22F6N4O4. The molecule has 0 aliphatic carbocycles. The van der Waals surface area contributed by atoms with E-state index >= 15 is 0 Å². The van der Waals surface area contributed by atoms with Crippen LogP contribution in [0, 0.1) is 0 Å². The van der Waals surface area contributed by atoms with E-state index in [4.69, 9.17) is 0 Å². The molecule has 0 saturated heterocycles. The highest BCUT2D eigenvalue weighted by Crippen LogP contribution is 2.35. The predicted octanol–water partition coefficient (Wildman–Crippen LogP) is 6.03. The minimum absolute atomic E-state index is 0.00717. The first-order valence-corrected chi connectivity index (χ1v) is 11.3. The number of alkyl halides is 6. The molecule has 14 heteroatoms. The number of rotatable bonds is 4. The van der Waals surface area contributed by atoms with Gasteiger partial charge in [-0.3, -0.25) is 9.59 Å². The molecule has 40 heavy (non-hydrogen) atoms. The van der Waals surface area contributed by atoms with Crippen LogP contribution in [0.25, 0.3) is 22.5 Å². The Balaban J connectivity index is 0.000000220. The van der Waals surface area contributed by atoms with Gasteiger partial charge < -0.3 is 10.2 Å². The van der Waals surface area contributed by atoms with E-state index in [9.17, 15) is 46.1 Å². The SMILES string of the molecule is CC(=O)c1c(-c2ccc(C(F)(F)F)cc2)nn(C)c1O.CC(=O)c1c(-c2ccc(C(F)(F)F)cc2)nn(C)c1O. The second-order valence-corrected chi connectivity index (χ2v) is 8.60. The molecule has 0 unspecified atom stereocenters. The van der Waals surface area contributed by atoms with Crippen LogP contribution in [0.4, 0.5) is 26.3 Å². The second-order valence-electron chi connectivity index (χ2n) is 8.60. The average Bonchev–Trinajstić information content (AvgIpc) is 3.33. The summed E-state index contributed by atoms with van der Waals surface area (Å²) in [5.74, 6) is -1.45. The number of aromatic nitrogens is 4. The van der Waals surface area contributed by atoms with Crippen molar-refractivity contribution in [2.24, 2.45) is 14.1 Å². The van der Waals surface area contributed by atoms with Crippen LogP contribution >= 0.6 is 0 Å². The minimum atomic E-state index is -4.42. The lowest BCUT2D eigenvalue weighted by atomic mass is 10.0. The van der Waals surface area contributed by atoms with E-state index in [2.05, 4.69) is 10.2 Å². The molecular weight excluding hydrogens is 546 g/mol. The number of aromatic hydroxyl groups is 2. The molecule has 0 amide bonds. The van der Waals surface area contributed by atoms with Crippen molar-refractivity contribution in [3.05, 3.63) is 70.8 Å². The van der Waals surface area contributed by atoms with Crippen LogP contribution in [0.3, 0.4) is 0 Å². The molecule has 0 spiro atoms. The zero-order valence-electron chi connectivity index (χ0n) is 21.4. The van der Waals surface area contributed by atoms with Crippen LogP contribution in [0.2, 0.25) is 0 Å². The number of carbonyl (C=O) groups is 2. The summed E-state index contributed by atoms with van der Waals surface area (Å²) < 4.78 is 77.1. The van der Waals surface area contributed by atoms with Gasteiger partial charge in [-0.15, -0.1) is 0 Å². The van der Waals surface area contributed by atoms with Crippen LogP contribution in [0.5, 0.6) is 11.8 Å². The standard InChI is InChI=1S/2C13H11F3N2O2/c2*1-7(19)10-11(17-18(2)12(10)20)8-3-5-9(6-4-8)13(14,15)16/h2*3-6,20H,1-2H3. The summed E-state index contributed by atoms with van der Waals surface area (Å²) >= 11 is 0. The first-order valence-electron chi connectivity index (χ1n) is 11.3. The summed E-state index contributed by atoms with van der Waals surface area (Å²) in [6.45, 7) is 2.51. The van der Waals surface area contributed by atoms with Crippen molar-refractivity contribution >= 4 is 11.6 Å². The van der Waals surface area contributed by atoms with Gasteiger partial charge in [0.2, 0.25) is 11.8 Å². The Morgan fingerprint density at radius 3 is 1.12 bits per heavy atom. The second kappa shape index (κ2) is 10.9. The van der Waals surface area contributed by atoms with Gasteiger partial charge in [0.1, 0.15) is 22.5 Å². The molecule has 0 saturated carbocycles. The third kappa shape index (κ3) is 6.16. The topological polar surface area (TPSA) is 110 Å². The average molecular weight is 568 g/mol. The van der Waals surface area contributed by atoms with E-state index in [1.54, 1.807) is 0 Å². The molecule has 8 nitrogen and oxygen atoms in total. The summed E-state index contributed by atoms with van der Waals surface area (Å²) in [6, 6.07) is 8.51. The van der Waals surface area contributed by atoms with Gasteiger partial charge in [-0.05, 0) is 38.1 Å². The highest BCUT2D eigenvalue weighted by molar-refractivity contribution is 6.02. The van der Waals surface area contributed by atoms with Gasteiger partial charge in [-0.25, -0.2) is 9.36 Å². The van der Waals surface area contributed by atoms with E-state index in [1.165, 1.54) is 52.2 Å². The first kappa shape index (κ1) is 29.9. The number of halogens is 6. The van der Waals surface area contributed by atoms with Crippen LogP contribution in [0.15, 0.2) is 48.5 Å². The van der Waals surface area contributed by atoms with Gasteiger partial charge in [0, 0.05) is 25.2 Å². The highest BCUT2D eigenvalue weighted by Gasteiger charge is 2.31. The minimum Gasteiger partial charge on any atom is -0.493 e. The lowest BCUT2D eigenvalue weighted by Gasteiger charge is -2.07. The number of ketones is 2. The quantitative estimate of drug-likeness (QED) is 0.230. The van der Waals surface area contributed by atoms with E-state index in [-0.39, 0.29) is 34.3 Å². The van der Waals surface area contributed by atoms with Crippen molar-refractivity contribution in [2.75, 3.05) is 0 Å². The van der Waals surface area contributed by atoms with Crippen LogP contribution in [0.1, 0.15) is 45.7 Å². The monoisotopic (exact) mass is 568 g/mol. The summed E-state index contributed by atoms with van der Waals surface area (Å²) in [5.41, 5.74) is -0.605. The van der Waals surface area contributed by atoms with Gasteiger partial charge in [-0.2, -0.15) is 36.5 Å². The number of nitrogens with zero attached hydrogens (tertiary/aromatic N) is 4. The molecule has 0 aliphatic heterocycles. The highest BCUT2D eigenvalue weighted by atomic mass is 19.4. The number of benzene rings is 2. The smallest absolute Gasteiger partial charge is 0.416 e.